The van der Waals surface area contributed by atoms with E-state index in [-0.39, 0.29) is 22.9 Å². The van der Waals surface area contributed by atoms with Gasteiger partial charge < -0.3 is 11.1 Å². The average Bonchev–Trinajstić information content (AvgIpc) is 2.61. The lowest BCUT2D eigenvalue weighted by molar-refractivity contribution is -0.122. The van der Waals surface area contributed by atoms with Crippen molar-refractivity contribution in [2.45, 2.75) is 65.0 Å². The zero-order chi connectivity index (χ0) is 11.7. The fourth-order valence-corrected chi connectivity index (χ4v) is 1.80. The molecule has 0 aliphatic heterocycles. The maximum atomic E-state index is 11.6. The summed E-state index contributed by atoms with van der Waals surface area (Å²) in [6.07, 6.45) is 3.55. The van der Waals surface area contributed by atoms with Crippen LogP contribution in [0.3, 0.4) is 0 Å². The fraction of sp³-hybridized carbons (Fsp3) is 0.917. The summed E-state index contributed by atoms with van der Waals surface area (Å²) in [5, 5.41) is 3.03. The Labute approximate surface area is 92.8 Å². The van der Waals surface area contributed by atoms with Crippen molar-refractivity contribution in [1.82, 2.24) is 5.32 Å². The van der Waals surface area contributed by atoms with Crippen LogP contribution in [0.25, 0.3) is 0 Å². The lowest BCUT2D eigenvalue weighted by atomic mass is 9.87. The van der Waals surface area contributed by atoms with Crippen LogP contribution < -0.4 is 11.1 Å². The standard InChI is InChI=1S/C12H24N2O/c1-11(2,3)8-9(13)7-10(15)14-12(4)5-6-12/h9H,5-8,13H2,1-4H3,(H,14,15). The van der Waals surface area contributed by atoms with Crippen molar-refractivity contribution in [3.8, 4) is 0 Å². The Hall–Kier alpha value is -0.570. The average molecular weight is 212 g/mol. The Bertz CT molecular complexity index is 238. The molecule has 3 N–H and O–H groups in total. The summed E-state index contributed by atoms with van der Waals surface area (Å²) in [6, 6.07) is -0.0210. The van der Waals surface area contributed by atoms with E-state index in [2.05, 4.69) is 33.0 Å². The number of hydrogen-bond donors (Lipinski definition) is 2. The number of hydrogen-bond acceptors (Lipinski definition) is 2. The third kappa shape index (κ3) is 5.17. The molecule has 3 nitrogen and oxygen atoms in total. The van der Waals surface area contributed by atoms with Gasteiger partial charge in [0.2, 0.25) is 5.91 Å². The van der Waals surface area contributed by atoms with E-state index in [0.717, 1.165) is 19.3 Å². The van der Waals surface area contributed by atoms with E-state index in [1.807, 2.05) is 0 Å². The largest absolute Gasteiger partial charge is 0.351 e. The van der Waals surface area contributed by atoms with Gasteiger partial charge in [-0.25, -0.2) is 0 Å². The summed E-state index contributed by atoms with van der Waals surface area (Å²) in [7, 11) is 0. The lowest BCUT2D eigenvalue weighted by Crippen LogP contribution is -2.39. The van der Waals surface area contributed by atoms with E-state index in [0.29, 0.717) is 6.42 Å². The third-order valence-corrected chi connectivity index (χ3v) is 2.76. The number of rotatable bonds is 4. The number of amides is 1. The first-order valence-electron chi connectivity index (χ1n) is 5.77. The van der Waals surface area contributed by atoms with E-state index < -0.39 is 0 Å². The third-order valence-electron chi connectivity index (χ3n) is 2.76. The van der Waals surface area contributed by atoms with Crippen molar-refractivity contribution in [2.24, 2.45) is 11.1 Å². The van der Waals surface area contributed by atoms with E-state index in [1.54, 1.807) is 0 Å². The van der Waals surface area contributed by atoms with Crippen LogP contribution >= 0.6 is 0 Å². The Balaban J connectivity index is 2.25. The summed E-state index contributed by atoms with van der Waals surface area (Å²) in [5.74, 6) is 0.103. The number of nitrogens with two attached hydrogens (primary N) is 1. The van der Waals surface area contributed by atoms with Crippen LogP contribution in [0, 0.1) is 5.41 Å². The van der Waals surface area contributed by atoms with Gasteiger partial charge in [-0.05, 0) is 31.6 Å². The number of nitrogens with one attached hydrogen (secondary N) is 1. The molecule has 88 valence electrons. The molecule has 0 saturated heterocycles. The Morgan fingerprint density at radius 2 is 2.00 bits per heavy atom. The van der Waals surface area contributed by atoms with Gasteiger partial charge in [0.15, 0.2) is 0 Å². The van der Waals surface area contributed by atoms with Gasteiger partial charge in [-0.3, -0.25) is 4.79 Å². The molecular weight excluding hydrogens is 188 g/mol. The minimum absolute atomic E-state index is 0.0210. The van der Waals surface area contributed by atoms with Crippen LogP contribution in [0.1, 0.15) is 53.4 Å². The molecule has 0 aromatic heterocycles. The van der Waals surface area contributed by atoms with Crippen molar-refractivity contribution in [1.29, 1.82) is 0 Å². The molecule has 0 spiro atoms. The van der Waals surface area contributed by atoms with Crippen molar-refractivity contribution in [2.75, 3.05) is 0 Å². The quantitative estimate of drug-likeness (QED) is 0.746. The van der Waals surface area contributed by atoms with Crippen LogP contribution in [0.4, 0.5) is 0 Å². The molecule has 0 heterocycles. The molecule has 1 atom stereocenters. The Morgan fingerprint density at radius 1 is 1.47 bits per heavy atom. The Kier molecular flexibility index (Phi) is 3.44. The molecule has 1 rings (SSSR count). The second kappa shape index (κ2) is 4.12. The van der Waals surface area contributed by atoms with Crippen LogP contribution in [-0.4, -0.2) is 17.5 Å². The van der Waals surface area contributed by atoms with E-state index in [9.17, 15) is 4.79 Å². The Morgan fingerprint density at radius 3 is 2.40 bits per heavy atom. The van der Waals surface area contributed by atoms with Crippen molar-refractivity contribution < 1.29 is 4.79 Å². The summed E-state index contributed by atoms with van der Waals surface area (Å²) in [5.41, 5.74) is 6.22. The molecule has 0 aromatic rings. The monoisotopic (exact) mass is 212 g/mol. The molecule has 15 heavy (non-hydrogen) atoms. The SMILES string of the molecule is CC(C)(C)CC(N)CC(=O)NC1(C)CC1. The molecule has 0 aromatic carbocycles. The van der Waals surface area contributed by atoms with Gasteiger partial charge in [-0.1, -0.05) is 20.8 Å². The summed E-state index contributed by atoms with van der Waals surface area (Å²) >= 11 is 0. The summed E-state index contributed by atoms with van der Waals surface area (Å²) < 4.78 is 0. The van der Waals surface area contributed by atoms with Crippen molar-refractivity contribution in [3.05, 3.63) is 0 Å². The van der Waals surface area contributed by atoms with Crippen molar-refractivity contribution in [3.63, 3.8) is 0 Å². The van der Waals surface area contributed by atoms with Gasteiger partial charge in [0, 0.05) is 18.0 Å². The van der Waals surface area contributed by atoms with Gasteiger partial charge in [-0.15, -0.1) is 0 Å². The molecule has 1 aliphatic rings. The lowest BCUT2D eigenvalue weighted by Gasteiger charge is -2.23. The minimum atomic E-state index is -0.0210. The fourth-order valence-electron chi connectivity index (χ4n) is 1.80. The highest BCUT2D eigenvalue weighted by Crippen LogP contribution is 2.34. The van der Waals surface area contributed by atoms with Crippen LogP contribution in [0.5, 0.6) is 0 Å². The second-order valence-corrected chi connectivity index (χ2v) is 6.34. The molecule has 1 unspecified atom stereocenters. The predicted molar refractivity (Wildman–Crippen MR) is 62.4 cm³/mol. The van der Waals surface area contributed by atoms with Crippen molar-refractivity contribution >= 4 is 5.91 Å². The molecule has 0 radical (unpaired) electrons. The smallest absolute Gasteiger partial charge is 0.221 e. The highest BCUT2D eigenvalue weighted by Gasteiger charge is 2.38. The zero-order valence-electron chi connectivity index (χ0n) is 10.4. The first kappa shape index (κ1) is 12.5. The highest BCUT2D eigenvalue weighted by molar-refractivity contribution is 5.77. The van der Waals surface area contributed by atoms with Gasteiger partial charge in [-0.2, -0.15) is 0 Å². The molecule has 0 bridgehead atoms. The van der Waals surface area contributed by atoms with Gasteiger partial charge in [0.25, 0.3) is 0 Å². The maximum Gasteiger partial charge on any atom is 0.221 e. The minimum Gasteiger partial charge on any atom is -0.351 e. The van der Waals surface area contributed by atoms with Crippen LogP contribution in [-0.2, 0) is 4.79 Å². The number of carbonyl (C=O) groups is 1. The van der Waals surface area contributed by atoms with E-state index in [4.69, 9.17) is 5.73 Å². The van der Waals surface area contributed by atoms with E-state index >= 15 is 0 Å². The van der Waals surface area contributed by atoms with Gasteiger partial charge in [0.05, 0.1) is 0 Å². The molecule has 3 heteroatoms. The first-order chi connectivity index (χ1) is 6.70. The molecule has 1 saturated carbocycles. The number of carbonyl (C=O) groups excluding carboxylic acids is 1. The predicted octanol–water partition coefficient (Wildman–Crippen LogP) is 1.81. The first-order valence-corrected chi connectivity index (χ1v) is 5.77. The van der Waals surface area contributed by atoms with Gasteiger partial charge in [0.1, 0.15) is 0 Å². The molecule has 1 amide bonds. The topological polar surface area (TPSA) is 55.1 Å². The summed E-state index contributed by atoms with van der Waals surface area (Å²) in [4.78, 5) is 11.6. The van der Waals surface area contributed by atoms with Gasteiger partial charge >= 0.3 is 0 Å². The maximum absolute atomic E-state index is 11.6. The molecule has 1 aliphatic carbocycles. The second-order valence-electron chi connectivity index (χ2n) is 6.34. The molecular formula is C12H24N2O. The molecule has 1 fully saturated rings. The van der Waals surface area contributed by atoms with Crippen LogP contribution in [0.2, 0.25) is 0 Å². The zero-order valence-corrected chi connectivity index (χ0v) is 10.4. The normalized spacial score (nSPS) is 20.9. The summed E-state index contributed by atoms with van der Waals surface area (Å²) in [6.45, 7) is 8.52. The highest BCUT2D eigenvalue weighted by atomic mass is 16.1. The van der Waals surface area contributed by atoms with Crippen LogP contribution in [0.15, 0.2) is 0 Å². The van der Waals surface area contributed by atoms with E-state index in [1.165, 1.54) is 0 Å².